The Kier molecular flexibility index (Phi) is 4.74. The third kappa shape index (κ3) is 3.93. The molecule has 3 rings (SSSR count). The fourth-order valence-electron chi connectivity index (χ4n) is 4.36. The van der Waals surface area contributed by atoms with Crippen molar-refractivity contribution >= 4 is 6.09 Å². The maximum Gasteiger partial charge on any atom is 0.416 e. The second kappa shape index (κ2) is 6.40. The Bertz CT molecular complexity index is 725. The number of halogens is 3. The number of nitrogens with zero attached hydrogens (tertiary/aromatic N) is 1. The van der Waals surface area contributed by atoms with Gasteiger partial charge in [0, 0.05) is 24.9 Å². The summed E-state index contributed by atoms with van der Waals surface area (Å²) in [5.74, 6) is 0. The van der Waals surface area contributed by atoms with E-state index in [9.17, 15) is 23.1 Å². The number of hydrogen-bond acceptors (Lipinski definition) is 3. The molecular formula is C20H26F3NO3. The normalized spacial score (nSPS) is 28.4. The quantitative estimate of drug-likeness (QED) is 0.758. The van der Waals surface area contributed by atoms with Crippen molar-refractivity contribution in [1.82, 2.24) is 4.90 Å². The number of alkyl halides is 3. The summed E-state index contributed by atoms with van der Waals surface area (Å²) in [5.41, 5.74) is -1.84. The molecule has 1 N–H and O–H groups in total. The summed E-state index contributed by atoms with van der Waals surface area (Å²) in [4.78, 5) is 14.2. The Morgan fingerprint density at radius 3 is 2.22 bits per heavy atom. The van der Waals surface area contributed by atoms with E-state index in [1.807, 2.05) is 0 Å². The van der Waals surface area contributed by atoms with Crippen molar-refractivity contribution in [3.05, 3.63) is 34.9 Å². The summed E-state index contributed by atoms with van der Waals surface area (Å²) in [6.45, 7) is 7.08. The molecule has 2 atom stereocenters. The Balaban J connectivity index is 1.88. The molecule has 2 saturated heterocycles. The van der Waals surface area contributed by atoms with Gasteiger partial charge < -0.3 is 14.7 Å². The van der Waals surface area contributed by atoms with Crippen molar-refractivity contribution in [2.45, 2.75) is 82.8 Å². The molecule has 1 aromatic rings. The minimum Gasteiger partial charge on any atom is -0.444 e. The average Bonchev–Trinajstić information content (AvgIpc) is 2.77. The zero-order chi connectivity index (χ0) is 20.2. The van der Waals surface area contributed by atoms with Gasteiger partial charge in [-0.2, -0.15) is 13.2 Å². The third-order valence-corrected chi connectivity index (χ3v) is 5.44. The Morgan fingerprint density at radius 1 is 1.19 bits per heavy atom. The molecule has 150 valence electrons. The number of ether oxygens (including phenoxy) is 1. The second-order valence-corrected chi connectivity index (χ2v) is 8.74. The van der Waals surface area contributed by atoms with Crippen molar-refractivity contribution in [1.29, 1.82) is 0 Å². The average molecular weight is 385 g/mol. The van der Waals surface area contributed by atoms with E-state index in [4.69, 9.17) is 4.74 Å². The van der Waals surface area contributed by atoms with Crippen LogP contribution < -0.4 is 0 Å². The summed E-state index contributed by atoms with van der Waals surface area (Å²) < 4.78 is 44.9. The van der Waals surface area contributed by atoms with Gasteiger partial charge >= 0.3 is 12.3 Å². The Morgan fingerprint density at radius 2 is 1.74 bits per heavy atom. The van der Waals surface area contributed by atoms with Crippen molar-refractivity contribution in [2.24, 2.45) is 0 Å². The SMILES string of the molecule is Cc1ccc(C(F)(F)F)cc1C1(O)CC2CCC(C1)N2C(=O)OC(C)(C)C. The van der Waals surface area contributed by atoms with Crippen LogP contribution in [0.4, 0.5) is 18.0 Å². The maximum absolute atomic E-state index is 13.1. The molecule has 2 unspecified atom stereocenters. The molecule has 0 aliphatic carbocycles. The standard InChI is InChI=1S/C20H26F3NO3/c1-12-5-6-13(20(21,22)23)9-16(12)19(26)10-14-7-8-15(11-19)24(14)17(25)27-18(2,3)4/h5-6,9,14-15,26H,7-8,10-11H2,1-4H3. The number of aryl methyl sites for hydroxylation is 1. The van der Waals surface area contributed by atoms with E-state index >= 15 is 0 Å². The molecule has 0 saturated carbocycles. The van der Waals surface area contributed by atoms with Crippen molar-refractivity contribution in [2.75, 3.05) is 0 Å². The first-order chi connectivity index (χ1) is 12.3. The van der Waals surface area contributed by atoms with Gasteiger partial charge in [0.05, 0.1) is 11.2 Å². The molecule has 1 amide bonds. The first-order valence-corrected chi connectivity index (χ1v) is 9.22. The van der Waals surface area contributed by atoms with E-state index in [0.29, 0.717) is 24.0 Å². The number of carbonyl (C=O) groups excluding carboxylic acids is 1. The van der Waals surface area contributed by atoms with Gasteiger partial charge in [-0.3, -0.25) is 0 Å². The molecule has 27 heavy (non-hydrogen) atoms. The number of piperidine rings is 1. The van der Waals surface area contributed by atoms with Gasteiger partial charge in [0.15, 0.2) is 0 Å². The van der Waals surface area contributed by atoms with Crippen LogP contribution in [0.5, 0.6) is 0 Å². The van der Waals surface area contributed by atoms with E-state index in [2.05, 4.69) is 0 Å². The summed E-state index contributed by atoms with van der Waals surface area (Å²) in [6, 6.07) is 3.01. The molecule has 2 fully saturated rings. The van der Waals surface area contributed by atoms with E-state index < -0.39 is 29.0 Å². The number of benzene rings is 1. The van der Waals surface area contributed by atoms with Crippen LogP contribution in [-0.4, -0.2) is 33.8 Å². The summed E-state index contributed by atoms with van der Waals surface area (Å²) in [6.07, 6.45) is -3.03. The molecule has 1 aromatic carbocycles. The Labute approximate surface area is 157 Å². The molecule has 0 aromatic heterocycles. The highest BCUT2D eigenvalue weighted by Crippen LogP contribution is 2.47. The van der Waals surface area contributed by atoms with E-state index in [-0.39, 0.29) is 24.9 Å². The third-order valence-electron chi connectivity index (χ3n) is 5.44. The lowest BCUT2D eigenvalue weighted by atomic mass is 9.78. The lowest BCUT2D eigenvalue weighted by Gasteiger charge is -2.44. The predicted octanol–water partition coefficient (Wildman–Crippen LogP) is 4.76. The van der Waals surface area contributed by atoms with Crippen molar-refractivity contribution in [3.63, 3.8) is 0 Å². The van der Waals surface area contributed by atoms with Crippen LogP contribution in [0.1, 0.15) is 63.1 Å². The molecule has 2 aliphatic rings. The smallest absolute Gasteiger partial charge is 0.416 e. The van der Waals surface area contributed by atoms with Gasteiger partial charge in [-0.1, -0.05) is 6.07 Å². The number of fused-ring (bicyclic) bond motifs is 2. The van der Waals surface area contributed by atoms with Crippen LogP contribution >= 0.6 is 0 Å². The first kappa shape index (κ1) is 20.0. The molecular weight excluding hydrogens is 359 g/mol. The van der Waals surface area contributed by atoms with Gasteiger partial charge in [0.1, 0.15) is 5.60 Å². The summed E-state index contributed by atoms with van der Waals surface area (Å²) >= 11 is 0. The molecule has 0 radical (unpaired) electrons. The number of rotatable bonds is 1. The van der Waals surface area contributed by atoms with Crippen LogP contribution in [0, 0.1) is 6.92 Å². The highest BCUT2D eigenvalue weighted by molar-refractivity contribution is 5.70. The van der Waals surface area contributed by atoms with Crippen LogP contribution in [0.25, 0.3) is 0 Å². The largest absolute Gasteiger partial charge is 0.444 e. The van der Waals surface area contributed by atoms with Crippen LogP contribution in [0.2, 0.25) is 0 Å². The summed E-state index contributed by atoms with van der Waals surface area (Å²) in [7, 11) is 0. The van der Waals surface area contributed by atoms with E-state index in [1.54, 1.807) is 32.6 Å². The van der Waals surface area contributed by atoms with Crippen LogP contribution in [0.3, 0.4) is 0 Å². The zero-order valence-electron chi connectivity index (χ0n) is 16.1. The van der Waals surface area contributed by atoms with Crippen molar-refractivity contribution < 1.29 is 27.8 Å². The van der Waals surface area contributed by atoms with Gasteiger partial charge in [-0.15, -0.1) is 0 Å². The zero-order valence-corrected chi connectivity index (χ0v) is 16.1. The first-order valence-electron chi connectivity index (χ1n) is 9.22. The molecule has 2 aliphatic heterocycles. The molecule has 2 bridgehead atoms. The summed E-state index contributed by atoms with van der Waals surface area (Å²) in [5, 5.41) is 11.3. The fourth-order valence-corrected chi connectivity index (χ4v) is 4.36. The molecule has 7 heteroatoms. The number of aliphatic hydroxyl groups is 1. The molecule has 4 nitrogen and oxygen atoms in total. The van der Waals surface area contributed by atoms with Crippen LogP contribution in [-0.2, 0) is 16.5 Å². The number of carbonyl (C=O) groups is 1. The minimum absolute atomic E-state index is 0.213. The van der Waals surface area contributed by atoms with Crippen LogP contribution in [0.15, 0.2) is 18.2 Å². The predicted molar refractivity (Wildman–Crippen MR) is 94.2 cm³/mol. The lowest BCUT2D eigenvalue weighted by Crippen LogP contribution is -2.53. The second-order valence-electron chi connectivity index (χ2n) is 8.74. The van der Waals surface area contributed by atoms with Gasteiger partial charge in [0.2, 0.25) is 0 Å². The number of hydrogen-bond donors (Lipinski definition) is 1. The molecule has 0 spiro atoms. The molecule has 2 heterocycles. The van der Waals surface area contributed by atoms with Gasteiger partial charge in [0.25, 0.3) is 0 Å². The minimum atomic E-state index is -4.46. The van der Waals surface area contributed by atoms with Gasteiger partial charge in [-0.25, -0.2) is 4.79 Å². The fraction of sp³-hybridized carbons (Fsp3) is 0.650. The Hall–Kier alpha value is -1.76. The van der Waals surface area contributed by atoms with Gasteiger partial charge in [-0.05, 0) is 63.8 Å². The number of amides is 1. The highest BCUT2D eigenvalue weighted by Gasteiger charge is 2.51. The van der Waals surface area contributed by atoms with Crippen molar-refractivity contribution in [3.8, 4) is 0 Å². The lowest BCUT2D eigenvalue weighted by molar-refractivity contribution is -0.137. The monoisotopic (exact) mass is 385 g/mol. The maximum atomic E-state index is 13.1. The van der Waals surface area contributed by atoms with E-state index in [1.165, 1.54) is 6.07 Å². The topological polar surface area (TPSA) is 49.8 Å². The van der Waals surface area contributed by atoms with E-state index in [0.717, 1.165) is 12.1 Å². The highest BCUT2D eigenvalue weighted by atomic mass is 19.4.